The minimum absolute atomic E-state index is 0.0148. The maximum Gasteiger partial charge on any atom is 0.399 e. The van der Waals surface area contributed by atoms with Crippen LogP contribution in [0.25, 0.3) is 6.08 Å². The number of rotatable bonds is 4. The first kappa shape index (κ1) is 21.3. The molecule has 26 heavy (non-hydrogen) atoms. The predicted molar refractivity (Wildman–Crippen MR) is 103 cm³/mol. The summed E-state index contributed by atoms with van der Waals surface area (Å²) in [6, 6.07) is 6.55. The van der Waals surface area contributed by atoms with Crippen LogP contribution in [0.15, 0.2) is 45.4 Å². The number of allylic oxidation sites excluding steroid dienone is 1. The SMILES string of the molecule is O=C(O)c1ccc(/C=C/C(c2cc(Cl)c(Br)c(Cl)c2)C(F)(F)F)cc1Br. The monoisotopic (exact) mass is 530 g/mol. The van der Waals surface area contributed by atoms with E-state index in [0.717, 1.165) is 6.08 Å². The number of aromatic carboxylic acids is 1. The molecule has 2 aromatic carbocycles. The van der Waals surface area contributed by atoms with E-state index in [2.05, 4.69) is 31.9 Å². The summed E-state index contributed by atoms with van der Waals surface area (Å²) in [6.45, 7) is 0. The molecule has 0 spiro atoms. The van der Waals surface area contributed by atoms with Gasteiger partial charge in [0.2, 0.25) is 0 Å². The molecule has 2 rings (SSSR count). The first-order chi connectivity index (χ1) is 12.0. The Labute approximate surface area is 173 Å². The molecule has 1 unspecified atom stereocenters. The smallest absolute Gasteiger partial charge is 0.399 e. The van der Waals surface area contributed by atoms with Gasteiger partial charge in [-0.3, -0.25) is 0 Å². The highest BCUT2D eigenvalue weighted by Crippen LogP contribution is 2.41. The summed E-state index contributed by atoms with van der Waals surface area (Å²) in [6.07, 6.45) is -2.33. The van der Waals surface area contributed by atoms with Crippen molar-refractivity contribution < 1.29 is 23.1 Å². The van der Waals surface area contributed by atoms with Gasteiger partial charge in [0.25, 0.3) is 0 Å². The summed E-state index contributed by atoms with van der Waals surface area (Å²) >= 11 is 18.0. The third kappa shape index (κ3) is 5.03. The number of carboxylic acid groups (broad SMARTS) is 1. The molecule has 0 bridgehead atoms. The Bertz CT molecular complexity index is 860. The van der Waals surface area contributed by atoms with Crippen molar-refractivity contribution in [3.63, 3.8) is 0 Å². The summed E-state index contributed by atoms with van der Waals surface area (Å²) in [7, 11) is 0. The summed E-state index contributed by atoms with van der Waals surface area (Å²) in [4.78, 5) is 11.0. The van der Waals surface area contributed by atoms with E-state index in [-0.39, 0.29) is 25.6 Å². The molecule has 2 nitrogen and oxygen atoms in total. The Morgan fingerprint density at radius 3 is 2.15 bits per heavy atom. The molecule has 0 saturated heterocycles. The largest absolute Gasteiger partial charge is 0.478 e. The fourth-order valence-electron chi connectivity index (χ4n) is 2.18. The van der Waals surface area contributed by atoms with Crippen molar-refractivity contribution in [2.75, 3.05) is 0 Å². The van der Waals surface area contributed by atoms with Crippen LogP contribution in [0.5, 0.6) is 0 Å². The Balaban J connectivity index is 2.42. The van der Waals surface area contributed by atoms with Gasteiger partial charge in [-0.1, -0.05) is 41.4 Å². The second-order valence-corrected chi connectivity index (χ2v) is 7.68. The Hall–Kier alpha value is -1.02. The van der Waals surface area contributed by atoms with Crippen molar-refractivity contribution >= 4 is 67.1 Å². The summed E-state index contributed by atoms with van der Waals surface area (Å²) < 4.78 is 41.0. The van der Waals surface area contributed by atoms with Crippen LogP contribution in [-0.4, -0.2) is 17.3 Å². The molecule has 0 fully saturated rings. The molecule has 0 aromatic heterocycles. The van der Waals surface area contributed by atoms with Crippen molar-refractivity contribution in [3.05, 3.63) is 72.1 Å². The second-order valence-electron chi connectivity index (χ2n) is 5.22. The molecule has 0 aliphatic rings. The van der Waals surface area contributed by atoms with Crippen LogP contribution in [0.3, 0.4) is 0 Å². The number of hydrogen-bond acceptors (Lipinski definition) is 1. The topological polar surface area (TPSA) is 37.3 Å². The van der Waals surface area contributed by atoms with Crippen LogP contribution in [-0.2, 0) is 0 Å². The third-order valence-corrected chi connectivity index (χ3v) is 5.99. The zero-order valence-corrected chi connectivity index (χ0v) is 17.3. The molecule has 0 heterocycles. The fourth-order valence-corrected chi connectivity index (χ4v) is 3.48. The van der Waals surface area contributed by atoms with Crippen LogP contribution >= 0.6 is 55.1 Å². The van der Waals surface area contributed by atoms with E-state index in [1.54, 1.807) is 0 Å². The molecule has 1 N–H and O–H groups in total. The Kier molecular flexibility index (Phi) is 6.82. The number of hydrogen-bond donors (Lipinski definition) is 1. The Morgan fingerprint density at radius 2 is 1.69 bits per heavy atom. The van der Waals surface area contributed by atoms with Crippen LogP contribution in [0, 0.1) is 0 Å². The lowest BCUT2D eigenvalue weighted by molar-refractivity contribution is -0.139. The van der Waals surface area contributed by atoms with Gasteiger partial charge in [-0.15, -0.1) is 0 Å². The summed E-state index contributed by atoms with van der Waals surface area (Å²) in [5, 5.41) is 9.12. The molecule has 0 radical (unpaired) electrons. The molecule has 0 aliphatic carbocycles. The lowest BCUT2D eigenvalue weighted by Gasteiger charge is -2.18. The highest BCUT2D eigenvalue weighted by atomic mass is 79.9. The van der Waals surface area contributed by atoms with E-state index >= 15 is 0 Å². The highest BCUT2D eigenvalue weighted by molar-refractivity contribution is 9.11. The van der Waals surface area contributed by atoms with E-state index in [1.807, 2.05) is 0 Å². The maximum atomic E-state index is 13.5. The normalized spacial score (nSPS) is 13.2. The number of carbonyl (C=O) groups is 1. The molecule has 0 aliphatic heterocycles. The minimum Gasteiger partial charge on any atom is -0.478 e. The van der Waals surface area contributed by atoms with Crippen molar-refractivity contribution in [1.82, 2.24) is 0 Å². The molecule has 2 aromatic rings. The first-order valence-electron chi connectivity index (χ1n) is 6.93. The molecule has 0 amide bonds. The second kappa shape index (κ2) is 8.33. The van der Waals surface area contributed by atoms with E-state index in [9.17, 15) is 18.0 Å². The number of carboxylic acids is 1. The zero-order valence-electron chi connectivity index (χ0n) is 12.6. The van der Waals surface area contributed by atoms with Gasteiger partial charge in [-0.25, -0.2) is 4.79 Å². The average Bonchev–Trinajstić information content (AvgIpc) is 2.51. The number of benzene rings is 2. The zero-order chi connectivity index (χ0) is 19.6. The van der Waals surface area contributed by atoms with Crippen LogP contribution in [0.2, 0.25) is 10.0 Å². The maximum absolute atomic E-state index is 13.5. The van der Waals surface area contributed by atoms with Gasteiger partial charge in [-0.2, -0.15) is 13.2 Å². The van der Waals surface area contributed by atoms with Crippen molar-refractivity contribution in [1.29, 1.82) is 0 Å². The molecule has 138 valence electrons. The van der Waals surface area contributed by atoms with Gasteiger partial charge in [0.1, 0.15) is 0 Å². The van der Waals surface area contributed by atoms with Gasteiger partial charge in [0.15, 0.2) is 0 Å². The number of alkyl halides is 3. The van der Waals surface area contributed by atoms with Gasteiger partial charge >= 0.3 is 12.1 Å². The lowest BCUT2D eigenvalue weighted by atomic mass is 9.97. The fraction of sp³-hybridized carbons (Fsp3) is 0.118. The standard InChI is InChI=1S/C17H9Br2Cl2F3O2/c18-12-5-8(1-3-10(12)16(25)26)2-4-11(17(22,23)24)9-6-13(20)15(19)14(21)7-9/h1-7,11H,(H,25,26)/b4-2+. The Morgan fingerprint density at radius 1 is 1.12 bits per heavy atom. The highest BCUT2D eigenvalue weighted by Gasteiger charge is 2.39. The van der Waals surface area contributed by atoms with Gasteiger partial charge < -0.3 is 5.11 Å². The lowest BCUT2D eigenvalue weighted by Crippen LogP contribution is -2.19. The van der Waals surface area contributed by atoms with Crippen molar-refractivity contribution in [2.24, 2.45) is 0 Å². The van der Waals surface area contributed by atoms with Gasteiger partial charge in [0, 0.05) is 4.47 Å². The molecular weight excluding hydrogens is 524 g/mol. The van der Waals surface area contributed by atoms with Crippen molar-refractivity contribution in [3.8, 4) is 0 Å². The van der Waals surface area contributed by atoms with E-state index in [0.29, 0.717) is 10.0 Å². The van der Waals surface area contributed by atoms with Gasteiger partial charge in [0.05, 0.1) is 26.0 Å². The van der Waals surface area contributed by atoms with Crippen LogP contribution in [0.4, 0.5) is 13.2 Å². The van der Waals surface area contributed by atoms with E-state index in [1.165, 1.54) is 36.4 Å². The third-order valence-electron chi connectivity index (χ3n) is 3.42. The van der Waals surface area contributed by atoms with E-state index < -0.39 is 18.1 Å². The first-order valence-corrected chi connectivity index (χ1v) is 9.27. The molecular formula is C17H9Br2Cl2F3O2. The number of halogens is 7. The predicted octanol–water partition coefficient (Wildman–Crippen LogP) is 7.58. The molecule has 1 atom stereocenters. The van der Waals surface area contributed by atoms with Gasteiger partial charge in [-0.05, 0) is 67.3 Å². The van der Waals surface area contributed by atoms with E-state index in [4.69, 9.17) is 28.3 Å². The molecule has 9 heteroatoms. The van der Waals surface area contributed by atoms with Crippen LogP contribution < -0.4 is 0 Å². The molecule has 0 saturated carbocycles. The average molecular weight is 533 g/mol. The summed E-state index contributed by atoms with van der Waals surface area (Å²) in [5.41, 5.74) is 0.319. The summed E-state index contributed by atoms with van der Waals surface area (Å²) in [5.74, 6) is -3.07. The quantitative estimate of drug-likeness (QED) is 0.412. The minimum atomic E-state index is -4.56. The van der Waals surface area contributed by atoms with Crippen molar-refractivity contribution in [2.45, 2.75) is 12.1 Å². The van der Waals surface area contributed by atoms with Crippen LogP contribution in [0.1, 0.15) is 27.4 Å².